The summed E-state index contributed by atoms with van der Waals surface area (Å²) in [4.78, 5) is 0.979. The normalized spacial score (nSPS) is 31.3. The fraction of sp³-hybridized carbons (Fsp3) is 0.347. The van der Waals surface area contributed by atoms with Gasteiger partial charge in [-0.15, -0.1) is 12.8 Å². The molecule has 0 bridgehead atoms. The third-order valence-electron chi connectivity index (χ3n) is 11.0. The molecule has 0 saturated carbocycles. The van der Waals surface area contributed by atoms with E-state index in [1.807, 2.05) is 103 Å². The van der Waals surface area contributed by atoms with Gasteiger partial charge in [0.25, 0.3) is 0 Å². The molecule has 5 aromatic rings. The van der Waals surface area contributed by atoms with Crippen LogP contribution in [0.2, 0.25) is 0 Å². The van der Waals surface area contributed by atoms with Crippen molar-refractivity contribution in [3.63, 3.8) is 0 Å². The lowest BCUT2D eigenvalue weighted by Crippen LogP contribution is -2.67. The van der Waals surface area contributed by atoms with E-state index >= 15 is 0 Å². The second-order valence-corrected chi connectivity index (χ2v) is 16.1. The number of thioether (sulfide) groups is 1. The molecule has 5 aromatic carbocycles. The number of ether oxygens (including phenoxy) is 10. The molecule has 9 rings (SSSR count). The lowest BCUT2D eigenvalue weighted by molar-refractivity contribution is -0.395. The Hall–Kier alpha value is -4.57. The molecule has 0 spiro atoms. The van der Waals surface area contributed by atoms with E-state index < -0.39 is 73.1 Å². The SMILES string of the molecule is C#CCO[C@@H]1[C@H](O[C@@H]2[C@H](OCC#C)[C@@H](Sc3ccccc3)O[C@@H]3CO[C@@H](c4ccccc4)O[C@@H]23)O[C@@H]2CO[C@@H](c3ccccc3)O[C@H]2[C@@H]1OCc1ccc2ccccc2c1. The highest BCUT2D eigenvalue weighted by atomic mass is 32.2. The maximum Gasteiger partial charge on any atom is 0.187 e. The summed E-state index contributed by atoms with van der Waals surface area (Å²) in [6.45, 7) is 0.662. The fourth-order valence-electron chi connectivity index (χ4n) is 8.15. The minimum absolute atomic E-state index is 0.00301. The third-order valence-corrected chi connectivity index (χ3v) is 12.1. The molecular weight excluding hydrogens is 781 g/mol. The topological polar surface area (TPSA) is 92.3 Å². The Bertz CT molecular complexity index is 2230. The van der Waals surface area contributed by atoms with Gasteiger partial charge in [0.15, 0.2) is 18.9 Å². The predicted molar refractivity (Wildman–Crippen MR) is 224 cm³/mol. The van der Waals surface area contributed by atoms with E-state index in [1.165, 1.54) is 11.8 Å². The van der Waals surface area contributed by atoms with Crippen LogP contribution in [0.15, 0.2) is 138 Å². The van der Waals surface area contributed by atoms with Gasteiger partial charge < -0.3 is 47.4 Å². The summed E-state index contributed by atoms with van der Waals surface area (Å²) in [5, 5.41) is 2.25. The Labute approximate surface area is 354 Å². The van der Waals surface area contributed by atoms with Crippen LogP contribution < -0.4 is 0 Å². The molecule has 0 unspecified atom stereocenters. The van der Waals surface area contributed by atoms with Crippen molar-refractivity contribution >= 4 is 22.5 Å². The average Bonchev–Trinajstić information content (AvgIpc) is 3.30. The van der Waals surface area contributed by atoms with Crippen LogP contribution in [0.3, 0.4) is 0 Å². The van der Waals surface area contributed by atoms with E-state index in [4.69, 9.17) is 60.2 Å². The summed E-state index contributed by atoms with van der Waals surface area (Å²) >= 11 is 1.51. The lowest BCUT2D eigenvalue weighted by atomic mass is 9.95. The van der Waals surface area contributed by atoms with E-state index in [0.29, 0.717) is 0 Å². The molecule has 0 N–H and O–H groups in total. The van der Waals surface area contributed by atoms with E-state index in [9.17, 15) is 0 Å². The van der Waals surface area contributed by atoms with Crippen molar-refractivity contribution in [3.05, 3.63) is 150 Å². The maximum absolute atomic E-state index is 7.20. The van der Waals surface area contributed by atoms with Crippen molar-refractivity contribution < 1.29 is 47.4 Å². The van der Waals surface area contributed by atoms with Gasteiger partial charge in [-0.25, -0.2) is 0 Å². The summed E-state index contributed by atoms with van der Waals surface area (Å²) in [6.07, 6.45) is 3.74. The minimum Gasteiger partial charge on any atom is -0.368 e. The molecule has 4 heterocycles. The molecule has 4 aliphatic heterocycles. The first-order valence-corrected chi connectivity index (χ1v) is 21.0. The van der Waals surface area contributed by atoms with Crippen LogP contribution in [0, 0.1) is 24.7 Å². The van der Waals surface area contributed by atoms with Gasteiger partial charge in [0.1, 0.15) is 67.5 Å². The van der Waals surface area contributed by atoms with Crippen LogP contribution in [-0.2, 0) is 54.0 Å². The molecule has 4 fully saturated rings. The number of hydrogen-bond donors (Lipinski definition) is 0. The van der Waals surface area contributed by atoms with Gasteiger partial charge in [0.2, 0.25) is 0 Å². The standard InChI is InChI=1S/C49H46O10S/c1-3-26-50-44-42(52-29-32-24-25-33-16-14-15-21-36(33)28-32)40-38(30-53-46(57-40)34-17-8-5-9-18-34)55-48(44)59-43-41-39(31-54-47(58-41)35-19-10-6-11-20-35)56-49(45(43)51-27-4-2)60-37-22-12-7-13-23-37/h1-2,5-25,28,38-49H,26-27,29-31H2/t38-,39-,40-,41-,42+,43+,44+,45+,46-,47-,48+,49-/m1/s1. The smallest absolute Gasteiger partial charge is 0.187 e. The van der Waals surface area contributed by atoms with E-state index in [2.05, 4.69) is 42.2 Å². The highest BCUT2D eigenvalue weighted by Gasteiger charge is 2.57. The van der Waals surface area contributed by atoms with E-state index in [-0.39, 0.29) is 33.0 Å². The largest absolute Gasteiger partial charge is 0.368 e. The molecule has 10 nitrogen and oxygen atoms in total. The zero-order valence-corrected chi connectivity index (χ0v) is 33.6. The molecule has 12 atom stereocenters. The highest BCUT2D eigenvalue weighted by molar-refractivity contribution is 7.99. The quantitative estimate of drug-likeness (QED) is 0.110. The molecular formula is C49H46O10S. The molecule has 0 aliphatic carbocycles. The van der Waals surface area contributed by atoms with Gasteiger partial charge in [-0.2, -0.15) is 0 Å². The first kappa shape index (κ1) is 40.8. The van der Waals surface area contributed by atoms with Crippen molar-refractivity contribution in [3.8, 4) is 24.7 Å². The van der Waals surface area contributed by atoms with Gasteiger partial charge >= 0.3 is 0 Å². The first-order valence-electron chi connectivity index (χ1n) is 20.2. The van der Waals surface area contributed by atoms with Gasteiger partial charge in [-0.3, -0.25) is 0 Å². The third kappa shape index (κ3) is 9.19. The van der Waals surface area contributed by atoms with Crippen molar-refractivity contribution in [1.82, 2.24) is 0 Å². The number of benzene rings is 5. The van der Waals surface area contributed by atoms with Crippen molar-refractivity contribution in [1.29, 1.82) is 0 Å². The minimum atomic E-state index is -1.05. The monoisotopic (exact) mass is 826 g/mol. The lowest BCUT2D eigenvalue weighted by Gasteiger charge is -2.52. The van der Waals surface area contributed by atoms with Gasteiger partial charge in [-0.05, 0) is 34.5 Å². The number of terminal acetylenes is 2. The summed E-state index contributed by atoms with van der Waals surface area (Å²) in [5.41, 5.74) is 2.14. The molecule has 4 aliphatic rings. The molecule has 0 amide bonds. The molecule has 4 saturated heterocycles. The second kappa shape index (κ2) is 19.4. The zero-order valence-electron chi connectivity index (χ0n) is 32.8. The summed E-state index contributed by atoms with van der Waals surface area (Å²) in [7, 11) is 0. The maximum atomic E-state index is 7.20. The zero-order chi connectivity index (χ0) is 40.7. The van der Waals surface area contributed by atoms with Crippen LogP contribution in [0.4, 0.5) is 0 Å². The molecule has 0 aromatic heterocycles. The van der Waals surface area contributed by atoms with Crippen LogP contribution in [0.5, 0.6) is 0 Å². The first-order chi connectivity index (χ1) is 29.6. The van der Waals surface area contributed by atoms with Gasteiger partial charge in [-0.1, -0.05) is 139 Å². The Kier molecular flexibility index (Phi) is 13.2. The number of rotatable bonds is 13. The van der Waals surface area contributed by atoms with E-state index in [0.717, 1.165) is 32.4 Å². The average molecular weight is 827 g/mol. The van der Waals surface area contributed by atoms with Crippen LogP contribution in [0.25, 0.3) is 10.8 Å². The summed E-state index contributed by atoms with van der Waals surface area (Å²) in [6, 6.07) is 44.0. The summed E-state index contributed by atoms with van der Waals surface area (Å²) < 4.78 is 66.8. The van der Waals surface area contributed by atoms with Gasteiger partial charge in [0.05, 0.1) is 19.8 Å². The molecule has 0 radical (unpaired) electrons. The van der Waals surface area contributed by atoms with Crippen LogP contribution in [0.1, 0.15) is 29.3 Å². The molecule has 308 valence electrons. The number of hydrogen-bond acceptors (Lipinski definition) is 11. The molecule has 60 heavy (non-hydrogen) atoms. The summed E-state index contributed by atoms with van der Waals surface area (Å²) in [5.74, 6) is 5.27. The van der Waals surface area contributed by atoms with Crippen molar-refractivity contribution in [2.75, 3.05) is 26.4 Å². The Balaban J connectivity index is 1.06. The number of fused-ring (bicyclic) bond motifs is 3. The highest BCUT2D eigenvalue weighted by Crippen LogP contribution is 2.44. The van der Waals surface area contributed by atoms with Crippen LogP contribution in [-0.4, -0.2) is 87.0 Å². The van der Waals surface area contributed by atoms with Crippen molar-refractivity contribution in [2.24, 2.45) is 0 Å². The van der Waals surface area contributed by atoms with Crippen LogP contribution >= 0.6 is 11.8 Å². The second-order valence-electron chi connectivity index (χ2n) is 14.9. The van der Waals surface area contributed by atoms with Crippen molar-refractivity contribution in [2.45, 2.75) is 84.6 Å². The predicted octanol–water partition coefficient (Wildman–Crippen LogP) is 7.62. The Morgan fingerprint density at radius 1 is 0.550 bits per heavy atom. The van der Waals surface area contributed by atoms with Gasteiger partial charge in [0, 0.05) is 16.0 Å². The fourth-order valence-corrected chi connectivity index (χ4v) is 9.30. The van der Waals surface area contributed by atoms with E-state index in [1.54, 1.807) is 0 Å². The Morgan fingerprint density at radius 3 is 1.77 bits per heavy atom. The Morgan fingerprint density at radius 2 is 1.12 bits per heavy atom. The molecule has 11 heteroatoms.